The van der Waals surface area contributed by atoms with Crippen molar-refractivity contribution in [2.24, 2.45) is 0 Å². The standard InChI is InChI=1S/C11H11NS/c1-8-6-9-4-3-5-11(13-2)10(9)7-12-8/h3-7H,1-2H3. The van der Waals surface area contributed by atoms with E-state index in [0.717, 1.165) is 5.69 Å². The Hall–Kier alpha value is -1.02. The van der Waals surface area contributed by atoms with Crippen molar-refractivity contribution in [3.63, 3.8) is 0 Å². The van der Waals surface area contributed by atoms with Crippen molar-refractivity contribution in [1.29, 1.82) is 0 Å². The van der Waals surface area contributed by atoms with E-state index in [-0.39, 0.29) is 0 Å². The molecule has 1 nitrogen and oxygen atoms in total. The first-order valence-corrected chi connectivity index (χ1v) is 5.43. The van der Waals surface area contributed by atoms with E-state index in [1.165, 1.54) is 15.7 Å². The minimum atomic E-state index is 1.07. The summed E-state index contributed by atoms with van der Waals surface area (Å²) in [6.45, 7) is 2.02. The van der Waals surface area contributed by atoms with Crippen LogP contribution in [0.2, 0.25) is 0 Å². The van der Waals surface area contributed by atoms with Gasteiger partial charge in [-0.25, -0.2) is 0 Å². The van der Waals surface area contributed by atoms with Gasteiger partial charge in [0.2, 0.25) is 0 Å². The zero-order chi connectivity index (χ0) is 9.26. The number of aromatic nitrogens is 1. The van der Waals surface area contributed by atoms with Gasteiger partial charge >= 0.3 is 0 Å². The summed E-state index contributed by atoms with van der Waals surface area (Å²) in [5, 5.41) is 2.53. The van der Waals surface area contributed by atoms with Gasteiger partial charge in [0.15, 0.2) is 0 Å². The Morgan fingerprint density at radius 1 is 1.31 bits per heavy atom. The minimum Gasteiger partial charge on any atom is -0.261 e. The van der Waals surface area contributed by atoms with Gasteiger partial charge in [-0.1, -0.05) is 12.1 Å². The molecule has 66 valence electrons. The predicted octanol–water partition coefficient (Wildman–Crippen LogP) is 3.27. The smallest absolute Gasteiger partial charge is 0.0379 e. The van der Waals surface area contributed by atoms with E-state index in [1.807, 2.05) is 13.1 Å². The number of aryl methyl sites for hydroxylation is 1. The molecule has 0 N–H and O–H groups in total. The highest BCUT2D eigenvalue weighted by atomic mass is 32.2. The Labute approximate surface area is 82.2 Å². The number of hydrogen-bond acceptors (Lipinski definition) is 2. The maximum Gasteiger partial charge on any atom is 0.0379 e. The quantitative estimate of drug-likeness (QED) is 0.639. The molecule has 0 bridgehead atoms. The first kappa shape index (κ1) is 8.57. The highest BCUT2D eigenvalue weighted by Gasteiger charge is 1.99. The molecule has 0 saturated carbocycles. The fourth-order valence-corrected chi connectivity index (χ4v) is 2.04. The van der Waals surface area contributed by atoms with E-state index in [2.05, 4.69) is 35.5 Å². The average molecular weight is 189 g/mol. The molecule has 2 aromatic rings. The van der Waals surface area contributed by atoms with Gasteiger partial charge in [0.1, 0.15) is 0 Å². The summed E-state index contributed by atoms with van der Waals surface area (Å²) >= 11 is 1.76. The van der Waals surface area contributed by atoms with Crippen LogP contribution in [0, 0.1) is 6.92 Å². The lowest BCUT2D eigenvalue weighted by Gasteiger charge is -2.03. The molecule has 1 heterocycles. The Morgan fingerprint density at radius 3 is 2.92 bits per heavy atom. The number of hydrogen-bond donors (Lipinski definition) is 0. The van der Waals surface area contributed by atoms with Gasteiger partial charge in [0.05, 0.1) is 0 Å². The molecule has 0 atom stereocenters. The van der Waals surface area contributed by atoms with E-state index in [0.29, 0.717) is 0 Å². The highest BCUT2D eigenvalue weighted by Crippen LogP contribution is 2.25. The third kappa shape index (κ3) is 1.54. The fraction of sp³-hybridized carbons (Fsp3) is 0.182. The van der Waals surface area contributed by atoms with Crippen molar-refractivity contribution in [2.45, 2.75) is 11.8 Å². The van der Waals surface area contributed by atoms with Crippen LogP contribution in [0.15, 0.2) is 35.4 Å². The van der Waals surface area contributed by atoms with Crippen LogP contribution in [-0.2, 0) is 0 Å². The Bertz CT molecular complexity index is 437. The summed E-state index contributed by atoms with van der Waals surface area (Å²) in [5.74, 6) is 0. The summed E-state index contributed by atoms with van der Waals surface area (Å²) in [5.41, 5.74) is 1.07. The monoisotopic (exact) mass is 189 g/mol. The van der Waals surface area contributed by atoms with Crippen molar-refractivity contribution in [3.05, 3.63) is 36.2 Å². The van der Waals surface area contributed by atoms with Gasteiger partial charge in [-0.05, 0) is 30.7 Å². The molecular formula is C11H11NS. The number of benzene rings is 1. The Balaban J connectivity index is 2.77. The van der Waals surface area contributed by atoms with E-state index >= 15 is 0 Å². The first-order valence-electron chi connectivity index (χ1n) is 4.20. The predicted molar refractivity (Wildman–Crippen MR) is 58.3 cm³/mol. The van der Waals surface area contributed by atoms with Crippen LogP contribution in [0.3, 0.4) is 0 Å². The van der Waals surface area contributed by atoms with E-state index in [1.54, 1.807) is 11.8 Å². The molecule has 1 aromatic carbocycles. The van der Waals surface area contributed by atoms with Crippen LogP contribution >= 0.6 is 11.8 Å². The van der Waals surface area contributed by atoms with Crippen molar-refractivity contribution in [2.75, 3.05) is 6.26 Å². The largest absolute Gasteiger partial charge is 0.261 e. The first-order chi connectivity index (χ1) is 6.31. The zero-order valence-electron chi connectivity index (χ0n) is 7.74. The lowest BCUT2D eigenvalue weighted by Crippen LogP contribution is -1.82. The second-order valence-corrected chi connectivity index (χ2v) is 3.86. The van der Waals surface area contributed by atoms with Crippen LogP contribution < -0.4 is 0 Å². The molecule has 2 rings (SSSR count). The summed E-state index contributed by atoms with van der Waals surface area (Å²) in [6.07, 6.45) is 4.05. The van der Waals surface area contributed by atoms with Gasteiger partial charge in [-0.3, -0.25) is 4.98 Å². The molecule has 1 aromatic heterocycles. The fourth-order valence-electron chi connectivity index (χ4n) is 1.43. The van der Waals surface area contributed by atoms with Gasteiger partial charge in [0.25, 0.3) is 0 Å². The number of rotatable bonds is 1. The molecule has 0 radical (unpaired) electrons. The second kappa shape index (κ2) is 3.38. The van der Waals surface area contributed by atoms with E-state index < -0.39 is 0 Å². The van der Waals surface area contributed by atoms with Crippen molar-refractivity contribution >= 4 is 22.5 Å². The van der Waals surface area contributed by atoms with Crippen molar-refractivity contribution in [1.82, 2.24) is 4.98 Å². The maximum absolute atomic E-state index is 4.30. The topological polar surface area (TPSA) is 12.9 Å². The molecule has 0 aliphatic rings. The Morgan fingerprint density at radius 2 is 2.15 bits per heavy atom. The Kier molecular flexibility index (Phi) is 2.23. The second-order valence-electron chi connectivity index (χ2n) is 3.01. The molecular weight excluding hydrogens is 178 g/mol. The molecule has 0 fully saturated rings. The van der Waals surface area contributed by atoms with Crippen molar-refractivity contribution in [3.8, 4) is 0 Å². The van der Waals surface area contributed by atoms with Crippen LogP contribution in [0.1, 0.15) is 5.69 Å². The lowest BCUT2D eigenvalue weighted by molar-refractivity contribution is 1.22. The van der Waals surface area contributed by atoms with Gasteiger partial charge in [-0.2, -0.15) is 0 Å². The summed E-state index contributed by atoms with van der Waals surface area (Å²) in [4.78, 5) is 5.60. The van der Waals surface area contributed by atoms with Gasteiger partial charge in [0, 0.05) is 22.2 Å². The van der Waals surface area contributed by atoms with E-state index in [4.69, 9.17) is 0 Å². The summed E-state index contributed by atoms with van der Waals surface area (Å²) in [7, 11) is 0. The molecule has 2 heteroatoms. The molecule has 0 aliphatic carbocycles. The molecule has 0 saturated heterocycles. The van der Waals surface area contributed by atoms with Crippen LogP contribution in [0.4, 0.5) is 0 Å². The van der Waals surface area contributed by atoms with Crippen LogP contribution in [-0.4, -0.2) is 11.2 Å². The third-order valence-electron chi connectivity index (χ3n) is 2.08. The number of nitrogens with zero attached hydrogens (tertiary/aromatic N) is 1. The summed E-state index contributed by atoms with van der Waals surface area (Å²) < 4.78 is 0. The molecule has 0 spiro atoms. The van der Waals surface area contributed by atoms with Crippen LogP contribution in [0.25, 0.3) is 10.8 Å². The van der Waals surface area contributed by atoms with Crippen LogP contribution in [0.5, 0.6) is 0 Å². The zero-order valence-corrected chi connectivity index (χ0v) is 8.56. The highest BCUT2D eigenvalue weighted by molar-refractivity contribution is 7.98. The molecule has 0 amide bonds. The number of fused-ring (bicyclic) bond motifs is 1. The third-order valence-corrected chi connectivity index (χ3v) is 2.88. The lowest BCUT2D eigenvalue weighted by atomic mass is 10.1. The minimum absolute atomic E-state index is 1.07. The maximum atomic E-state index is 4.30. The number of thioether (sulfide) groups is 1. The van der Waals surface area contributed by atoms with Crippen molar-refractivity contribution < 1.29 is 0 Å². The van der Waals surface area contributed by atoms with E-state index in [9.17, 15) is 0 Å². The summed E-state index contributed by atoms with van der Waals surface area (Å²) in [6, 6.07) is 8.47. The normalized spacial score (nSPS) is 10.6. The van der Waals surface area contributed by atoms with Gasteiger partial charge < -0.3 is 0 Å². The molecule has 0 unspecified atom stereocenters. The SMILES string of the molecule is CSc1cccc2cc(C)ncc12. The number of pyridine rings is 1. The molecule has 13 heavy (non-hydrogen) atoms. The average Bonchev–Trinajstić information content (AvgIpc) is 2.16. The van der Waals surface area contributed by atoms with Gasteiger partial charge in [-0.15, -0.1) is 11.8 Å². The molecule has 0 aliphatic heterocycles.